The summed E-state index contributed by atoms with van der Waals surface area (Å²) in [6, 6.07) is 0. The van der Waals surface area contributed by atoms with Gasteiger partial charge >= 0.3 is 0 Å². The maximum absolute atomic E-state index is 9.41. The molecule has 0 amide bonds. The highest BCUT2D eigenvalue weighted by Crippen LogP contribution is 2.11. The first-order valence-corrected chi connectivity index (χ1v) is 4.26. The summed E-state index contributed by atoms with van der Waals surface area (Å²) < 4.78 is 0. The van der Waals surface area contributed by atoms with Crippen LogP contribution in [-0.4, -0.2) is 29.3 Å². The van der Waals surface area contributed by atoms with Crippen LogP contribution in [-0.2, 0) is 0 Å². The van der Waals surface area contributed by atoms with Gasteiger partial charge in [-0.25, -0.2) is 0 Å². The van der Waals surface area contributed by atoms with Crippen LogP contribution in [0.5, 0.6) is 0 Å². The monoisotopic (exact) mass is 179 g/mol. The van der Waals surface area contributed by atoms with E-state index in [-0.39, 0.29) is 18.6 Å². The van der Waals surface area contributed by atoms with E-state index in [1.165, 1.54) is 19.3 Å². The zero-order chi connectivity index (χ0) is 7.40. The fraction of sp³-hybridized carbons (Fsp3) is 1.00. The van der Waals surface area contributed by atoms with Crippen LogP contribution in [0.1, 0.15) is 32.6 Å². The third-order valence-electron chi connectivity index (χ3n) is 2.18. The van der Waals surface area contributed by atoms with Gasteiger partial charge < -0.3 is 5.11 Å². The molecule has 0 bridgehead atoms. The molecule has 1 saturated heterocycles. The Morgan fingerprint density at radius 1 is 1.27 bits per heavy atom. The summed E-state index contributed by atoms with van der Waals surface area (Å²) in [5.74, 6) is 0. The van der Waals surface area contributed by atoms with E-state index < -0.39 is 0 Å². The Morgan fingerprint density at radius 2 is 1.82 bits per heavy atom. The normalized spacial score (nSPS) is 22.4. The number of rotatable bonds is 2. The molecule has 1 rings (SSSR count). The quantitative estimate of drug-likeness (QED) is 0.697. The highest BCUT2D eigenvalue weighted by Gasteiger charge is 2.15. The zero-order valence-corrected chi connectivity index (χ0v) is 7.94. The molecule has 1 unspecified atom stereocenters. The predicted molar refractivity (Wildman–Crippen MR) is 49.0 cm³/mol. The van der Waals surface area contributed by atoms with E-state index in [0.717, 1.165) is 19.5 Å². The van der Waals surface area contributed by atoms with E-state index in [0.29, 0.717) is 0 Å². The number of likely N-dealkylation sites (tertiary alicyclic amines) is 1. The van der Waals surface area contributed by atoms with Crippen molar-refractivity contribution in [3.05, 3.63) is 0 Å². The molecule has 1 heterocycles. The number of nitrogens with zero attached hydrogens (tertiary/aromatic N) is 1. The Kier molecular flexibility index (Phi) is 5.92. The summed E-state index contributed by atoms with van der Waals surface area (Å²) in [5, 5.41) is 9.41. The molecule has 0 radical (unpaired) electrons. The molecule has 11 heavy (non-hydrogen) atoms. The largest absolute Gasteiger partial charge is 0.378 e. The van der Waals surface area contributed by atoms with Crippen LogP contribution in [0.25, 0.3) is 0 Å². The third kappa shape index (κ3) is 3.41. The number of piperidine rings is 1. The standard InChI is InChI=1S/C8H17NO.ClH/c1-2-8(10)9-6-4-3-5-7-9;/h8,10H,2-7H2,1H3;1H. The first-order chi connectivity index (χ1) is 4.84. The van der Waals surface area contributed by atoms with Crippen LogP contribution < -0.4 is 0 Å². The average molecular weight is 180 g/mol. The smallest absolute Gasteiger partial charge is 0.107 e. The molecule has 1 N–H and O–H groups in total. The predicted octanol–water partition coefficient (Wildman–Crippen LogP) is 1.62. The molecule has 1 aliphatic rings. The van der Waals surface area contributed by atoms with Crippen molar-refractivity contribution in [1.29, 1.82) is 0 Å². The summed E-state index contributed by atoms with van der Waals surface area (Å²) in [5.41, 5.74) is 0. The Balaban J connectivity index is 0.000001000. The van der Waals surface area contributed by atoms with Crippen LogP contribution >= 0.6 is 12.4 Å². The highest BCUT2D eigenvalue weighted by atomic mass is 35.5. The SMILES string of the molecule is CCC(O)N1CCCCC1.Cl. The highest BCUT2D eigenvalue weighted by molar-refractivity contribution is 5.85. The topological polar surface area (TPSA) is 23.5 Å². The maximum Gasteiger partial charge on any atom is 0.107 e. The van der Waals surface area contributed by atoms with Crippen LogP contribution in [0.2, 0.25) is 0 Å². The molecule has 3 heteroatoms. The van der Waals surface area contributed by atoms with E-state index in [1.54, 1.807) is 0 Å². The second-order valence-electron chi connectivity index (χ2n) is 2.99. The molecule has 0 spiro atoms. The van der Waals surface area contributed by atoms with Crippen molar-refractivity contribution in [3.63, 3.8) is 0 Å². The molecule has 0 aromatic heterocycles. The maximum atomic E-state index is 9.41. The number of aliphatic hydroxyl groups is 1. The summed E-state index contributed by atoms with van der Waals surface area (Å²) in [6.45, 7) is 4.21. The van der Waals surface area contributed by atoms with Gasteiger partial charge in [0.25, 0.3) is 0 Å². The molecule has 0 aromatic carbocycles. The van der Waals surface area contributed by atoms with Gasteiger partial charge in [0, 0.05) is 13.1 Å². The van der Waals surface area contributed by atoms with Crippen molar-refractivity contribution in [2.24, 2.45) is 0 Å². The van der Waals surface area contributed by atoms with E-state index in [4.69, 9.17) is 0 Å². The first kappa shape index (κ1) is 11.2. The lowest BCUT2D eigenvalue weighted by Crippen LogP contribution is -2.38. The van der Waals surface area contributed by atoms with Gasteiger partial charge in [-0.1, -0.05) is 13.3 Å². The van der Waals surface area contributed by atoms with Gasteiger partial charge in [-0.05, 0) is 19.3 Å². The summed E-state index contributed by atoms with van der Waals surface area (Å²) in [6.07, 6.45) is 4.54. The lowest BCUT2D eigenvalue weighted by atomic mass is 10.1. The number of halogens is 1. The van der Waals surface area contributed by atoms with Gasteiger partial charge in [-0.15, -0.1) is 12.4 Å². The minimum absolute atomic E-state index is 0. The fourth-order valence-corrected chi connectivity index (χ4v) is 1.47. The molecule has 2 nitrogen and oxygen atoms in total. The van der Waals surface area contributed by atoms with Gasteiger partial charge in [0.05, 0.1) is 0 Å². The van der Waals surface area contributed by atoms with Crippen LogP contribution in [0.15, 0.2) is 0 Å². The van der Waals surface area contributed by atoms with Gasteiger partial charge in [0.1, 0.15) is 6.23 Å². The van der Waals surface area contributed by atoms with Crippen LogP contribution in [0.4, 0.5) is 0 Å². The molecular weight excluding hydrogens is 162 g/mol. The minimum atomic E-state index is -0.180. The van der Waals surface area contributed by atoms with E-state index >= 15 is 0 Å². The van der Waals surface area contributed by atoms with Crippen molar-refractivity contribution in [3.8, 4) is 0 Å². The Morgan fingerprint density at radius 3 is 2.27 bits per heavy atom. The van der Waals surface area contributed by atoms with Crippen molar-refractivity contribution in [1.82, 2.24) is 4.90 Å². The van der Waals surface area contributed by atoms with Gasteiger partial charge in [-0.3, -0.25) is 4.90 Å². The van der Waals surface area contributed by atoms with Crippen molar-refractivity contribution in [2.75, 3.05) is 13.1 Å². The summed E-state index contributed by atoms with van der Waals surface area (Å²) in [7, 11) is 0. The van der Waals surface area contributed by atoms with E-state index in [2.05, 4.69) is 4.90 Å². The molecular formula is C8H18ClNO. The number of hydrogen-bond acceptors (Lipinski definition) is 2. The van der Waals surface area contributed by atoms with E-state index in [9.17, 15) is 5.11 Å². The van der Waals surface area contributed by atoms with Crippen LogP contribution in [0, 0.1) is 0 Å². The second kappa shape index (κ2) is 5.81. The Bertz CT molecular complexity index is 94.1. The average Bonchev–Trinajstić information content (AvgIpc) is 2.05. The zero-order valence-electron chi connectivity index (χ0n) is 7.12. The van der Waals surface area contributed by atoms with Crippen molar-refractivity contribution in [2.45, 2.75) is 38.8 Å². The van der Waals surface area contributed by atoms with Gasteiger partial charge in [0.2, 0.25) is 0 Å². The number of aliphatic hydroxyl groups excluding tert-OH is 1. The van der Waals surface area contributed by atoms with Gasteiger partial charge in [-0.2, -0.15) is 0 Å². The van der Waals surface area contributed by atoms with Crippen LogP contribution in [0.3, 0.4) is 0 Å². The second-order valence-corrected chi connectivity index (χ2v) is 2.99. The molecule has 0 aliphatic carbocycles. The molecule has 68 valence electrons. The lowest BCUT2D eigenvalue weighted by molar-refractivity contribution is -0.00986. The number of hydrogen-bond donors (Lipinski definition) is 1. The molecule has 1 fully saturated rings. The fourth-order valence-electron chi connectivity index (χ4n) is 1.47. The minimum Gasteiger partial charge on any atom is -0.378 e. The molecule has 0 aromatic rings. The summed E-state index contributed by atoms with van der Waals surface area (Å²) >= 11 is 0. The van der Waals surface area contributed by atoms with Crippen molar-refractivity contribution >= 4 is 12.4 Å². The van der Waals surface area contributed by atoms with Gasteiger partial charge in [0.15, 0.2) is 0 Å². The Hall–Kier alpha value is 0.210. The molecule has 1 atom stereocenters. The van der Waals surface area contributed by atoms with E-state index in [1.807, 2.05) is 6.92 Å². The third-order valence-corrected chi connectivity index (χ3v) is 2.18. The lowest BCUT2D eigenvalue weighted by Gasteiger charge is -2.30. The molecule has 0 saturated carbocycles. The summed E-state index contributed by atoms with van der Waals surface area (Å²) in [4.78, 5) is 2.17. The molecule has 1 aliphatic heterocycles. The first-order valence-electron chi connectivity index (χ1n) is 4.26. The Labute approximate surface area is 75.0 Å². The van der Waals surface area contributed by atoms with Crippen molar-refractivity contribution < 1.29 is 5.11 Å².